The molecule has 8 rings (SSSR count). The summed E-state index contributed by atoms with van der Waals surface area (Å²) in [5, 5.41) is 3.66. The number of aromatic nitrogens is 4. The Bertz CT molecular complexity index is 1970. The van der Waals surface area contributed by atoms with Gasteiger partial charge in [-0.25, -0.2) is 15.0 Å². The predicted molar refractivity (Wildman–Crippen MR) is 198 cm³/mol. The van der Waals surface area contributed by atoms with Crippen LogP contribution in [0.4, 0.5) is 10.3 Å². The molecule has 0 spiro atoms. The van der Waals surface area contributed by atoms with Crippen LogP contribution in [0.5, 0.6) is 0 Å². The summed E-state index contributed by atoms with van der Waals surface area (Å²) in [6.45, 7) is 5.53. The molecular weight excluding hydrogens is 633 g/mol. The molecule has 2 aliphatic heterocycles. The number of hydrogen-bond donors (Lipinski definition) is 2. The van der Waals surface area contributed by atoms with E-state index >= 15 is 0 Å². The van der Waals surface area contributed by atoms with E-state index in [4.69, 9.17) is 11.5 Å². The van der Waals surface area contributed by atoms with Gasteiger partial charge in [0.15, 0.2) is 10.3 Å². The summed E-state index contributed by atoms with van der Waals surface area (Å²) < 4.78 is 0. The number of benzene rings is 2. The van der Waals surface area contributed by atoms with Crippen LogP contribution < -0.4 is 11.5 Å². The first-order valence-electron chi connectivity index (χ1n) is 16.2. The molecule has 8 nitrogen and oxygen atoms in total. The van der Waals surface area contributed by atoms with E-state index in [1.807, 2.05) is 48.7 Å². The van der Waals surface area contributed by atoms with Crippen LogP contribution in [0.1, 0.15) is 32.4 Å². The molecule has 48 heavy (non-hydrogen) atoms. The van der Waals surface area contributed by atoms with E-state index in [-0.39, 0.29) is 0 Å². The fourth-order valence-electron chi connectivity index (χ4n) is 5.95. The molecule has 0 radical (unpaired) electrons. The molecule has 0 bridgehead atoms. The van der Waals surface area contributed by atoms with E-state index in [1.165, 1.54) is 21.1 Å². The van der Waals surface area contributed by atoms with Gasteiger partial charge in [0.25, 0.3) is 0 Å². The largest absolute Gasteiger partial charge is 0.375 e. The van der Waals surface area contributed by atoms with Gasteiger partial charge in [-0.3, -0.25) is 14.8 Å². The Morgan fingerprint density at radius 1 is 0.625 bits per heavy atom. The minimum Gasteiger partial charge on any atom is -0.375 e. The van der Waals surface area contributed by atoms with Gasteiger partial charge in [0.2, 0.25) is 0 Å². The second kappa shape index (κ2) is 14.9. The number of fused-ring (bicyclic) bond motifs is 4. The molecule has 4 aromatic heterocycles. The number of thiazole rings is 2. The lowest BCUT2D eigenvalue weighted by Gasteiger charge is -2.15. The Morgan fingerprint density at radius 3 is 1.90 bits per heavy atom. The molecule has 0 fully saturated rings. The first-order chi connectivity index (χ1) is 23.6. The van der Waals surface area contributed by atoms with Gasteiger partial charge >= 0.3 is 0 Å². The van der Waals surface area contributed by atoms with E-state index in [0.29, 0.717) is 10.3 Å². The number of rotatable bonds is 2. The van der Waals surface area contributed by atoms with Gasteiger partial charge < -0.3 is 11.5 Å². The third-order valence-corrected chi connectivity index (χ3v) is 10.4. The summed E-state index contributed by atoms with van der Waals surface area (Å²) in [5.41, 5.74) is 17.7. The molecule has 0 saturated heterocycles. The van der Waals surface area contributed by atoms with Gasteiger partial charge in [0.05, 0.1) is 35.5 Å². The summed E-state index contributed by atoms with van der Waals surface area (Å²) in [6.07, 6.45) is 5.80. The molecular formula is C38H36N8S2. The van der Waals surface area contributed by atoms with E-state index in [1.54, 1.807) is 22.7 Å². The van der Waals surface area contributed by atoms with Crippen molar-refractivity contribution < 1.29 is 0 Å². The third-order valence-electron chi connectivity index (χ3n) is 8.47. The van der Waals surface area contributed by atoms with Crippen LogP contribution in [0, 0.1) is 23.7 Å². The Kier molecular flexibility index (Phi) is 9.88. The molecule has 0 aliphatic carbocycles. The molecule has 2 aliphatic rings. The van der Waals surface area contributed by atoms with Gasteiger partial charge in [-0.15, -0.1) is 22.7 Å². The molecule has 10 heteroatoms. The van der Waals surface area contributed by atoms with Crippen LogP contribution >= 0.6 is 22.7 Å². The van der Waals surface area contributed by atoms with Crippen LogP contribution in [0.2, 0.25) is 0 Å². The van der Waals surface area contributed by atoms with Crippen molar-refractivity contribution >= 4 is 54.7 Å². The van der Waals surface area contributed by atoms with E-state index in [0.717, 1.165) is 98.0 Å². The fraction of sp³-hybridized carbons (Fsp3) is 0.263. The standard InChI is InChI=1S/2C19H18N4S/c20-19-22-17-7-10-23(11-8-18(17)24-19)9-3-4-14-12-15-5-1-2-6-16(15)21-13-14;20-19-22-17-9-12-23(13-10-18(17)24-19)11-3-5-15-8-7-14-4-1-2-6-16(14)21-15/h1-2,5-6,12-13H,7-11H2,(H2,20,22);1-2,4,6-8H,9-13H2,(H2,20,22). The lowest BCUT2D eigenvalue weighted by molar-refractivity contribution is 0.323. The number of nitrogen functional groups attached to an aromatic ring is 2. The highest BCUT2D eigenvalue weighted by Gasteiger charge is 2.18. The molecule has 6 aromatic rings. The maximum Gasteiger partial charge on any atom is 0.180 e. The zero-order chi connectivity index (χ0) is 32.7. The summed E-state index contributed by atoms with van der Waals surface area (Å²) in [5.74, 6) is 13.0. The quantitative estimate of drug-likeness (QED) is 0.235. The average molecular weight is 669 g/mol. The first kappa shape index (κ1) is 31.7. The minimum atomic E-state index is 0.690. The van der Waals surface area contributed by atoms with Crippen molar-refractivity contribution in [2.75, 3.05) is 50.7 Å². The van der Waals surface area contributed by atoms with Crippen molar-refractivity contribution in [1.82, 2.24) is 29.7 Å². The number of pyridine rings is 2. The second-order valence-corrected chi connectivity index (χ2v) is 14.0. The van der Waals surface area contributed by atoms with E-state index < -0.39 is 0 Å². The molecule has 0 saturated carbocycles. The van der Waals surface area contributed by atoms with Crippen LogP contribution in [-0.4, -0.2) is 69.0 Å². The molecule has 240 valence electrons. The smallest absolute Gasteiger partial charge is 0.180 e. The lowest BCUT2D eigenvalue weighted by Crippen LogP contribution is -2.26. The highest BCUT2D eigenvalue weighted by Crippen LogP contribution is 2.25. The van der Waals surface area contributed by atoms with Crippen molar-refractivity contribution in [2.45, 2.75) is 25.7 Å². The zero-order valence-electron chi connectivity index (χ0n) is 26.7. The van der Waals surface area contributed by atoms with E-state index in [9.17, 15) is 0 Å². The highest BCUT2D eigenvalue weighted by molar-refractivity contribution is 7.15. The summed E-state index contributed by atoms with van der Waals surface area (Å²) in [7, 11) is 0. The molecule has 2 aromatic carbocycles. The van der Waals surface area contributed by atoms with E-state index in [2.05, 4.69) is 77.7 Å². The van der Waals surface area contributed by atoms with Crippen molar-refractivity contribution in [3.63, 3.8) is 0 Å². The molecule has 0 unspecified atom stereocenters. The maximum absolute atomic E-state index is 5.79. The predicted octanol–water partition coefficient (Wildman–Crippen LogP) is 5.45. The SMILES string of the molecule is Nc1nc2c(s1)CCN(CC#Cc1ccc3ccccc3n1)CC2.Nc1nc2c(s1)CCN(CC#Cc1cnc3ccccc3c1)CC2. The topological polar surface area (TPSA) is 110 Å². The summed E-state index contributed by atoms with van der Waals surface area (Å²) in [6, 6.07) is 22.4. The monoisotopic (exact) mass is 668 g/mol. The van der Waals surface area contributed by atoms with Gasteiger partial charge in [0, 0.05) is 71.3 Å². The molecule has 0 amide bonds. The number of anilines is 2. The molecule has 6 heterocycles. The van der Waals surface area contributed by atoms with Crippen molar-refractivity contribution in [3.05, 3.63) is 105 Å². The fourth-order valence-corrected chi connectivity index (χ4v) is 7.68. The normalized spacial score (nSPS) is 14.7. The Balaban J connectivity index is 0.000000152. The van der Waals surface area contributed by atoms with Gasteiger partial charge in [0.1, 0.15) is 5.69 Å². The van der Waals surface area contributed by atoms with Crippen LogP contribution in [0.3, 0.4) is 0 Å². The minimum absolute atomic E-state index is 0.690. The van der Waals surface area contributed by atoms with Crippen LogP contribution in [0.15, 0.2) is 72.9 Å². The third kappa shape index (κ3) is 7.99. The zero-order valence-corrected chi connectivity index (χ0v) is 28.3. The van der Waals surface area contributed by atoms with Crippen molar-refractivity contribution in [3.8, 4) is 23.7 Å². The second-order valence-electron chi connectivity index (χ2n) is 11.8. The summed E-state index contributed by atoms with van der Waals surface area (Å²) >= 11 is 3.24. The van der Waals surface area contributed by atoms with Crippen molar-refractivity contribution in [2.24, 2.45) is 0 Å². The van der Waals surface area contributed by atoms with Gasteiger partial charge in [-0.2, -0.15) is 0 Å². The Hall–Kier alpha value is -4.84. The lowest BCUT2D eigenvalue weighted by atomic mass is 10.1. The number of nitrogens with two attached hydrogens (primary N) is 2. The first-order valence-corrected chi connectivity index (χ1v) is 17.8. The van der Waals surface area contributed by atoms with Gasteiger partial charge in [-0.05, 0) is 43.0 Å². The Morgan fingerprint density at radius 2 is 1.21 bits per heavy atom. The highest BCUT2D eigenvalue weighted by atomic mass is 32.1. The maximum atomic E-state index is 5.79. The number of hydrogen-bond acceptors (Lipinski definition) is 10. The van der Waals surface area contributed by atoms with Crippen LogP contribution in [-0.2, 0) is 25.7 Å². The van der Waals surface area contributed by atoms with Crippen molar-refractivity contribution in [1.29, 1.82) is 0 Å². The summed E-state index contributed by atoms with van der Waals surface area (Å²) in [4.78, 5) is 25.3. The van der Waals surface area contributed by atoms with Crippen LogP contribution in [0.25, 0.3) is 21.8 Å². The molecule has 4 N–H and O–H groups in total. The number of nitrogens with zero attached hydrogens (tertiary/aromatic N) is 6. The molecule has 0 atom stereocenters. The average Bonchev–Trinajstić information content (AvgIpc) is 3.52. The number of para-hydroxylation sites is 2. The Labute approximate surface area is 288 Å². The van der Waals surface area contributed by atoms with Gasteiger partial charge in [-0.1, -0.05) is 60.2 Å².